The molecule has 0 radical (unpaired) electrons. The summed E-state index contributed by atoms with van der Waals surface area (Å²) in [5, 5.41) is 1.22. The Morgan fingerprint density at radius 3 is 2.76 bits per heavy atom. The molecule has 1 aliphatic carbocycles. The molecule has 6 rings (SSSR count). The highest BCUT2D eigenvalue weighted by atomic mass is 16.3. The Morgan fingerprint density at radius 2 is 1.97 bits per heavy atom. The van der Waals surface area contributed by atoms with Crippen molar-refractivity contribution in [2.45, 2.75) is 52.6 Å². The summed E-state index contributed by atoms with van der Waals surface area (Å²) in [6.45, 7) is -8.78. The molecule has 1 aliphatic rings. The van der Waals surface area contributed by atoms with Gasteiger partial charge >= 0.3 is 0 Å². The van der Waals surface area contributed by atoms with Gasteiger partial charge in [0.2, 0.25) is 5.69 Å². The smallest absolute Gasteiger partial charge is 0.216 e. The molecule has 0 aliphatic heterocycles. The Labute approximate surface area is 219 Å². The monoisotopic (exact) mass is 460 g/mol. The van der Waals surface area contributed by atoms with Crippen molar-refractivity contribution in [1.29, 1.82) is 0 Å². The van der Waals surface area contributed by atoms with Crippen LogP contribution in [0, 0.1) is 13.8 Å². The number of hydrogen-bond acceptors (Lipinski definition) is 2. The van der Waals surface area contributed by atoms with Crippen LogP contribution in [0.5, 0.6) is 0 Å². The van der Waals surface area contributed by atoms with Crippen molar-refractivity contribution in [1.82, 2.24) is 4.98 Å². The van der Waals surface area contributed by atoms with Crippen LogP contribution in [0.25, 0.3) is 44.3 Å². The van der Waals surface area contributed by atoms with Gasteiger partial charge in [-0.2, -0.15) is 0 Å². The molecule has 0 bridgehead atoms. The topological polar surface area (TPSA) is 29.9 Å². The lowest BCUT2D eigenvalue weighted by Gasteiger charge is -2.19. The minimum Gasteiger partial charge on any atom is -0.455 e. The zero-order valence-electron chi connectivity index (χ0n) is 32.0. The second-order valence-corrected chi connectivity index (χ2v) is 9.13. The van der Waals surface area contributed by atoms with Crippen LogP contribution in [-0.2, 0) is 12.5 Å². The summed E-state index contributed by atoms with van der Waals surface area (Å²) in [7, 11) is 1.55. The van der Waals surface area contributed by atoms with E-state index in [0.29, 0.717) is 55.4 Å². The molecule has 1 unspecified atom stereocenters. The Kier molecular flexibility index (Phi) is 2.34. The van der Waals surface area contributed by atoms with Gasteiger partial charge in [0.05, 0.1) is 11.3 Å². The van der Waals surface area contributed by atoms with Gasteiger partial charge in [-0.15, -0.1) is 0 Å². The fourth-order valence-electron chi connectivity index (χ4n) is 5.19. The molecule has 2 aromatic carbocycles. The van der Waals surface area contributed by atoms with Crippen molar-refractivity contribution in [3.63, 3.8) is 0 Å². The zero-order chi connectivity index (χ0) is 34.9. The second kappa shape index (κ2) is 7.02. The van der Waals surface area contributed by atoms with Crippen LogP contribution < -0.4 is 4.57 Å². The molecular weight excluding hydrogens is 416 g/mol. The normalized spacial score (nSPS) is 24.5. The number of fused-ring (bicyclic) bond motifs is 6. The maximum atomic E-state index is 8.88. The highest BCUT2D eigenvalue weighted by molar-refractivity contribution is 6.11. The third kappa shape index (κ3) is 2.76. The number of aromatic nitrogens is 2. The average molecular weight is 461 g/mol. The van der Waals surface area contributed by atoms with Gasteiger partial charge in [-0.05, 0) is 60.1 Å². The van der Waals surface area contributed by atoms with Crippen LogP contribution in [-0.4, -0.2) is 4.98 Å². The summed E-state index contributed by atoms with van der Waals surface area (Å²) in [6, 6.07) is 11.9. The number of rotatable bonds is 2. The van der Waals surface area contributed by atoms with Crippen molar-refractivity contribution in [2.24, 2.45) is 7.05 Å². The van der Waals surface area contributed by atoms with E-state index < -0.39 is 49.8 Å². The number of hydrogen-bond donors (Lipinski definition) is 0. The van der Waals surface area contributed by atoms with Gasteiger partial charge in [-0.1, -0.05) is 45.7 Å². The molecule has 1 atom stereocenters. The molecule has 3 heterocycles. The van der Waals surface area contributed by atoms with Gasteiger partial charge in [0.15, 0.2) is 6.20 Å². The summed E-state index contributed by atoms with van der Waals surface area (Å²) in [4.78, 5) is 4.46. The van der Waals surface area contributed by atoms with Crippen LogP contribution in [0.2, 0.25) is 0 Å². The largest absolute Gasteiger partial charge is 0.455 e. The molecule has 34 heavy (non-hydrogen) atoms. The van der Waals surface area contributed by atoms with Crippen LogP contribution in [0.4, 0.5) is 0 Å². The molecule has 3 nitrogen and oxygen atoms in total. The van der Waals surface area contributed by atoms with Gasteiger partial charge in [-0.25, -0.2) is 4.57 Å². The molecule has 0 N–H and O–H groups in total. The van der Waals surface area contributed by atoms with E-state index in [9.17, 15) is 0 Å². The summed E-state index contributed by atoms with van der Waals surface area (Å²) in [5.41, 5.74) is 1.82. The average Bonchev–Trinajstić information content (AvgIpc) is 3.43. The standard InChI is InChI=1S/C31H31N2O/c1-17(2)22-14-26(33(7)16-19(22)4)28-18(3)10-11-20-24-13-25-23(15-27(24)34-29(20)28)21-9-8-12-32-30(21)31(25,5)6/h8-17H,1-7H3/q+1/i1D3,2D3,4D3,5D3,17D. The number of benzene rings is 2. The lowest BCUT2D eigenvalue weighted by molar-refractivity contribution is -0.660. The van der Waals surface area contributed by atoms with E-state index in [2.05, 4.69) is 4.98 Å². The van der Waals surface area contributed by atoms with E-state index in [1.165, 1.54) is 4.57 Å². The molecule has 0 amide bonds. The molecule has 3 heteroatoms. The van der Waals surface area contributed by atoms with Gasteiger partial charge in [0.1, 0.15) is 18.2 Å². The Balaban J connectivity index is 1.70. The first-order chi connectivity index (χ1) is 21.4. The van der Waals surface area contributed by atoms with E-state index >= 15 is 0 Å². The molecule has 0 saturated heterocycles. The Hall–Kier alpha value is -3.46. The number of furan rings is 1. The third-order valence-corrected chi connectivity index (χ3v) is 6.90. The van der Waals surface area contributed by atoms with E-state index in [4.69, 9.17) is 22.2 Å². The van der Waals surface area contributed by atoms with Crippen molar-refractivity contribution in [3.05, 3.63) is 82.8 Å². The summed E-state index contributed by atoms with van der Waals surface area (Å²) in [5.74, 6) is -3.27. The Bertz CT molecular complexity index is 2090. The first kappa shape index (κ1) is 11.3. The molecule has 0 fully saturated rings. The lowest BCUT2D eigenvalue weighted by Crippen LogP contribution is -2.32. The number of aryl methyl sites for hydroxylation is 3. The first-order valence-electron chi connectivity index (χ1n) is 17.5. The maximum absolute atomic E-state index is 8.88. The van der Waals surface area contributed by atoms with E-state index in [0.717, 1.165) is 12.3 Å². The van der Waals surface area contributed by atoms with Crippen LogP contribution in [0.1, 0.15) is 79.1 Å². The van der Waals surface area contributed by atoms with Gasteiger partial charge in [0.25, 0.3) is 0 Å². The predicted molar refractivity (Wildman–Crippen MR) is 139 cm³/mol. The molecule has 0 spiro atoms. The van der Waals surface area contributed by atoms with Gasteiger partial charge < -0.3 is 4.42 Å². The SMILES string of the molecule is [2H]C([2H])([2H])c1c[n+](C)c(-c2c(C)ccc3c2oc2cc4c(cc23)C(C)(C([2H])([2H])[2H])c2ncccc2-4)cc1C([2H])(C([2H])([2H])[2H])C([2H])([2H])[2H]. The summed E-state index contributed by atoms with van der Waals surface area (Å²) in [6.07, 6.45) is 2.72. The van der Waals surface area contributed by atoms with Gasteiger partial charge in [0, 0.05) is 57.4 Å². The Morgan fingerprint density at radius 1 is 1.09 bits per heavy atom. The van der Waals surface area contributed by atoms with E-state index in [1.807, 2.05) is 12.1 Å². The highest BCUT2D eigenvalue weighted by Crippen LogP contribution is 2.50. The number of pyridine rings is 2. The molecule has 0 saturated carbocycles. The maximum Gasteiger partial charge on any atom is 0.216 e. The van der Waals surface area contributed by atoms with Crippen LogP contribution in [0.3, 0.4) is 0 Å². The lowest BCUT2D eigenvalue weighted by atomic mass is 9.84. The minimum atomic E-state index is -3.42. The van der Waals surface area contributed by atoms with Crippen molar-refractivity contribution in [2.75, 3.05) is 0 Å². The van der Waals surface area contributed by atoms with Crippen LogP contribution >= 0.6 is 0 Å². The van der Waals surface area contributed by atoms with Crippen molar-refractivity contribution in [3.8, 4) is 22.4 Å². The zero-order valence-corrected chi connectivity index (χ0v) is 19.0. The molecular formula is C31H31N2O+. The molecule has 5 aromatic rings. The quantitative estimate of drug-likeness (QED) is 0.255. The van der Waals surface area contributed by atoms with E-state index in [1.54, 1.807) is 51.4 Å². The number of nitrogens with zero attached hydrogens (tertiary/aromatic N) is 2. The fraction of sp³-hybridized carbons (Fsp3) is 0.290. The minimum absolute atomic E-state index is 0.231. The van der Waals surface area contributed by atoms with E-state index in [-0.39, 0.29) is 5.69 Å². The fourth-order valence-corrected chi connectivity index (χ4v) is 5.19. The van der Waals surface area contributed by atoms with Crippen LogP contribution in [0.15, 0.2) is 59.3 Å². The first-order valence-corrected chi connectivity index (χ1v) is 11.0. The van der Waals surface area contributed by atoms with Crippen molar-refractivity contribution < 1.29 is 26.8 Å². The summed E-state index contributed by atoms with van der Waals surface area (Å²) >= 11 is 0. The second-order valence-electron chi connectivity index (χ2n) is 9.13. The highest BCUT2D eigenvalue weighted by Gasteiger charge is 2.37. The third-order valence-electron chi connectivity index (χ3n) is 6.90. The molecule has 3 aromatic heterocycles. The molecule has 170 valence electrons. The van der Waals surface area contributed by atoms with Gasteiger partial charge in [-0.3, -0.25) is 4.98 Å². The van der Waals surface area contributed by atoms with Crippen molar-refractivity contribution >= 4 is 21.9 Å². The predicted octanol–water partition coefficient (Wildman–Crippen LogP) is 7.52. The summed E-state index contributed by atoms with van der Waals surface area (Å²) < 4.78 is 115.